The van der Waals surface area contributed by atoms with Crippen LogP contribution in [0.5, 0.6) is 0 Å². The Morgan fingerprint density at radius 1 is 1.08 bits per heavy atom. The zero-order valence-electron chi connectivity index (χ0n) is 6.64. The number of nitrogens with zero attached hydrogens (tertiary/aromatic N) is 3. The minimum absolute atomic E-state index is 0.554. The van der Waals surface area contributed by atoms with Gasteiger partial charge >= 0.3 is 0 Å². The van der Waals surface area contributed by atoms with E-state index < -0.39 is 0 Å². The number of fused-ring (bicyclic) bond motifs is 3. The van der Waals surface area contributed by atoms with Gasteiger partial charge in [0.1, 0.15) is 0 Å². The lowest BCUT2D eigenvalue weighted by Gasteiger charge is -1.93. The van der Waals surface area contributed by atoms with Gasteiger partial charge in [-0.1, -0.05) is 24.3 Å². The van der Waals surface area contributed by atoms with Crippen molar-refractivity contribution in [2.45, 2.75) is 0 Å². The summed E-state index contributed by atoms with van der Waals surface area (Å²) in [6.45, 7) is 0. The van der Waals surface area contributed by atoms with Crippen molar-refractivity contribution in [3.8, 4) is 0 Å². The van der Waals surface area contributed by atoms with Gasteiger partial charge in [0.15, 0.2) is 5.52 Å². The Hall–Kier alpha value is -1.97. The molecular weight excluding hydrogens is 166 g/mol. The molecule has 4 nitrogen and oxygen atoms in total. The van der Waals surface area contributed by atoms with E-state index in [1.165, 1.54) is 0 Å². The highest BCUT2D eigenvalue weighted by Crippen LogP contribution is 2.19. The van der Waals surface area contributed by atoms with Crippen LogP contribution in [0.25, 0.3) is 21.9 Å². The fraction of sp³-hybridized carbons (Fsp3) is 0. The third-order valence-electron chi connectivity index (χ3n) is 2.01. The molecular formula is C9H5N3O. The van der Waals surface area contributed by atoms with Crippen LogP contribution < -0.4 is 0 Å². The van der Waals surface area contributed by atoms with Crippen LogP contribution in [-0.4, -0.2) is 15.3 Å². The Bertz CT molecular complexity index is 573. The van der Waals surface area contributed by atoms with Crippen molar-refractivity contribution in [3.05, 3.63) is 30.5 Å². The first kappa shape index (κ1) is 6.54. The molecule has 3 rings (SSSR count). The maximum absolute atomic E-state index is 4.61. The van der Waals surface area contributed by atoms with E-state index in [4.69, 9.17) is 0 Å². The summed E-state index contributed by atoms with van der Waals surface area (Å²) in [6.07, 6.45) is 1.77. The smallest absolute Gasteiger partial charge is 0.224 e. The van der Waals surface area contributed by atoms with Gasteiger partial charge in [-0.2, -0.15) is 0 Å². The molecule has 62 valence electrons. The number of aromatic nitrogens is 3. The van der Waals surface area contributed by atoms with Crippen LogP contribution in [0.15, 0.2) is 35.1 Å². The zero-order chi connectivity index (χ0) is 8.67. The van der Waals surface area contributed by atoms with E-state index in [0.717, 1.165) is 16.3 Å². The number of hydrogen-bond donors (Lipinski definition) is 0. The van der Waals surface area contributed by atoms with Crippen molar-refractivity contribution in [3.63, 3.8) is 0 Å². The first-order chi connectivity index (χ1) is 6.45. The van der Waals surface area contributed by atoms with Gasteiger partial charge in [-0.25, -0.2) is 9.61 Å². The van der Waals surface area contributed by atoms with E-state index in [0.29, 0.717) is 5.65 Å². The van der Waals surface area contributed by atoms with Crippen molar-refractivity contribution in [1.82, 2.24) is 15.3 Å². The van der Waals surface area contributed by atoms with Crippen LogP contribution >= 0.6 is 0 Å². The molecule has 13 heavy (non-hydrogen) atoms. The second-order valence-corrected chi connectivity index (χ2v) is 2.78. The Morgan fingerprint density at radius 2 is 2.00 bits per heavy atom. The number of rotatable bonds is 0. The van der Waals surface area contributed by atoms with E-state index >= 15 is 0 Å². The maximum Gasteiger partial charge on any atom is 0.224 e. The molecule has 2 heterocycles. The highest BCUT2D eigenvalue weighted by Gasteiger charge is 2.04. The first-order valence-corrected chi connectivity index (χ1v) is 3.91. The van der Waals surface area contributed by atoms with Gasteiger partial charge in [0.05, 0.1) is 0 Å². The molecule has 0 aliphatic rings. The van der Waals surface area contributed by atoms with Gasteiger partial charge in [0, 0.05) is 17.0 Å². The van der Waals surface area contributed by atoms with Crippen molar-refractivity contribution < 1.29 is 4.63 Å². The van der Waals surface area contributed by atoms with Crippen molar-refractivity contribution in [2.24, 2.45) is 0 Å². The summed E-state index contributed by atoms with van der Waals surface area (Å²) in [4.78, 5) is 4.10. The molecule has 0 amide bonds. The number of pyridine rings is 1. The van der Waals surface area contributed by atoms with E-state index in [1.54, 1.807) is 6.20 Å². The topological polar surface area (TPSA) is 51.8 Å². The lowest BCUT2D eigenvalue weighted by molar-refractivity contribution is 0.315. The normalized spacial score (nSPS) is 11.1. The molecule has 0 aliphatic carbocycles. The standard InChI is InChI=1S/C9H5N3O/c1-2-4-7-6(3-1)5-10-9-8(7)11-13-12-9/h1-5H. The minimum Gasteiger partial charge on any atom is -0.242 e. The van der Waals surface area contributed by atoms with Crippen LogP contribution in [-0.2, 0) is 0 Å². The summed E-state index contributed by atoms with van der Waals surface area (Å²) in [6, 6.07) is 7.87. The van der Waals surface area contributed by atoms with E-state index in [2.05, 4.69) is 19.9 Å². The number of benzene rings is 1. The zero-order valence-corrected chi connectivity index (χ0v) is 6.64. The summed E-state index contributed by atoms with van der Waals surface area (Å²) < 4.78 is 4.61. The van der Waals surface area contributed by atoms with Gasteiger partial charge in [-0.05, 0) is 10.3 Å². The summed E-state index contributed by atoms with van der Waals surface area (Å²) >= 11 is 0. The van der Waals surface area contributed by atoms with Gasteiger partial charge in [-0.15, -0.1) is 0 Å². The third kappa shape index (κ3) is 0.823. The third-order valence-corrected chi connectivity index (χ3v) is 2.01. The van der Waals surface area contributed by atoms with E-state index in [9.17, 15) is 0 Å². The molecule has 2 aromatic heterocycles. The van der Waals surface area contributed by atoms with Crippen LogP contribution in [0.2, 0.25) is 0 Å². The fourth-order valence-electron chi connectivity index (χ4n) is 1.39. The molecule has 0 atom stereocenters. The van der Waals surface area contributed by atoms with Crippen LogP contribution in [0, 0.1) is 0 Å². The average Bonchev–Trinajstić information content (AvgIpc) is 2.65. The predicted molar refractivity (Wildman–Crippen MR) is 47.1 cm³/mol. The second-order valence-electron chi connectivity index (χ2n) is 2.78. The Morgan fingerprint density at radius 3 is 3.00 bits per heavy atom. The van der Waals surface area contributed by atoms with E-state index in [-0.39, 0.29) is 0 Å². The molecule has 1 aromatic carbocycles. The largest absolute Gasteiger partial charge is 0.242 e. The highest BCUT2D eigenvalue weighted by molar-refractivity contribution is 6.01. The second kappa shape index (κ2) is 2.26. The Balaban J connectivity index is 2.65. The Kier molecular flexibility index (Phi) is 1.14. The lowest BCUT2D eigenvalue weighted by atomic mass is 10.2. The molecule has 0 bridgehead atoms. The molecule has 0 fully saturated rings. The van der Waals surface area contributed by atoms with Gasteiger partial charge in [0.25, 0.3) is 0 Å². The maximum atomic E-state index is 4.61. The van der Waals surface area contributed by atoms with Crippen LogP contribution in [0.3, 0.4) is 0 Å². The molecule has 0 saturated carbocycles. The van der Waals surface area contributed by atoms with Crippen molar-refractivity contribution in [1.29, 1.82) is 0 Å². The van der Waals surface area contributed by atoms with Crippen LogP contribution in [0.4, 0.5) is 0 Å². The van der Waals surface area contributed by atoms with E-state index in [1.807, 2.05) is 24.3 Å². The molecule has 0 spiro atoms. The summed E-state index contributed by atoms with van der Waals surface area (Å²) in [5.74, 6) is 0. The molecule has 0 saturated heterocycles. The fourth-order valence-corrected chi connectivity index (χ4v) is 1.39. The van der Waals surface area contributed by atoms with Crippen molar-refractivity contribution >= 4 is 21.9 Å². The number of hydrogen-bond acceptors (Lipinski definition) is 4. The SMILES string of the molecule is c1ccc2c(c1)cnc1nonc12. The first-order valence-electron chi connectivity index (χ1n) is 3.91. The molecule has 4 heteroatoms. The Labute approximate surface area is 73.2 Å². The molecule has 3 aromatic rings. The molecule has 0 N–H and O–H groups in total. The molecule has 0 unspecified atom stereocenters. The summed E-state index contributed by atoms with van der Waals surface area (Å²) in [7, 11) is 0. The molecule has 0 aliphatic heterocycles. The predicted octanol–water partition coefficient (Wildman–Crippen LogP) is 1.77. The lowest BCUT2D eigenvalue weighted by Crippen LogP contribution is -1.79. The minimum atomic E-state index is 0.554. The average molecular weight is 171 g/mol. The quantitative estimate of drug-likeness (QED) is 0.517. The van der Waals surface area contributed by atoms with Crippen molar-refractivity contribution in [2.75, 3.05) is 0 Å². The van der Waals surface area contributed by atoms with Crippen LogP contribution in [0.1, 0.15) is 0 Å². The summed E-state index contributed by atoms with van der Waals surface area (Å²) in [5.41, 5.74) is 1.27. The van der Waals surface area contributed by atoms with Gasteiger partial charge < -0.3 is 0 Å². The molecule has 0 radical (unpaired) electrons. The summed E-state index contributed by atoms with van der Waals surface area (Å²) in [5, 5.41) is 9.54. The van der Waals surface area contributed by atoms with Gasteiger partial charge in [0.2, 0.25) is 5.65 Å². The highest BCUT2D eigenvalue weighted by atomic mass is 16.6. The van der Waals surface area contributed by atoms with Gasteiger partial charge in [-0.3, -0.25) is 0 Å². The monoisotopic (exact) mass is 171 g/mol.